The van der Waals surface area contributed by atoms with Crippen molar-refractivity contribution in [2.24, 2.45) is 5.92 Å². The number of ether oxygens (including phenoxy) is 6. The highest BCUT2D eigenvalue weighted by Gasteiger charge is 2.18. The van der Waals surface area contributed by atoms with Gasteiger partial charge in [0.1, 0.15) is 0 Å². The highest BCUT2D eigenvalue weighted by Crippen LogP contribution is 2.39. The zero-order valence-electron chi connectivity index (χ0n) is 29.4. The summed E-state index contributed by atoms with van der Waals surface area (Å²) in [6, 6.07) is 12.4. The molecule has 0 heterocycles. The summed E-state index contributed by atoms with van der Waals surface area (Å²) >= 11 is 0. The van der Waals surface area contributed by atoms with Crippen LogP contribution in [0.15, 0.2) is 78.5 Å². The minimum absolute atomic E-state index is 0.0676. The molecule has 0 aliphatic rings. The van der Waals surface area contributed by atoms with Crippen molar-refractivity contribution in [2.45, 2.75) is 78.7 Å². The van der Waals surface area contributed by atoms with Gasteiger partial charge in [0.25, 0.3) is 0 Å². The van der Waals surface area contributed by atoms with Crippen LogP contribution in [0, 0.1) is 5.92 Å². The van der Waals surface area contributed by atoms with Crippen molar-refractivity contribution in [2.75, 3.05) is 35.0 Å². The average Bonchev–Trinajstić information content (AvgIpc) is 3.10. The highest BCUT2D eigenvalue weighted by molar-refractivity contribution is 5.73. The number of allylic oxidation sites excluding steroid dienone is 3. The minimum atomic E-state index is 0.0676. The molecule has 0 aromatic heterocycles. The number of hydrogen-bond donors (Lipinski definition) is 0. The van der Waals surface area contributed by atoms with Gasteiger partial charge in [0.15, 0.2) is 23.0 Å². The maximum absolute atomic E-state index is 6.24. The van der Waals surface area contributed by atoms with Crippen LogP contribution in [0.2, 0.25) is 0 Å². The topological polar surface area (TPSA) is 55.4 Å². The molecule has 0 saturated heterocycles. The summed E-state index contributed by atoms with van der Waals surface area (Å²) in [7, 11) is 6.57. The Labute approximate surface area is 278 Å². The predicted octanol–water partition coefficient (Wildman–Crippen LogP) is 10.7. The Balaban J connectivity index is 2.13. The zero-order chi connectivity index (χ0) is 33.7. The first-order valence-corrected chi connectivity index (χ1v) is 16.6. The van der Waals surface area contributed by atoms with Crippen LogP contribution in [0.25, 0.3) is 18.2 Å². The van der Waals surface area contributed by atoms with Gasteiger partial charge in [0.05, 0.1) is 41.2 Å². The molecule has 6 nitrogen and oxygen atoms in total. The first-order chi connectivity index (χ1) is 22.4. The van der Waals surface area contributed by atoms with E-state index in [2.05, 4.69) is 82.8 Å². The first-order valence-electron chi connectivity index (χ1n) is 16.6. The van der Waals surface area contributed by atoms with Gasteiger partial charge in [0, 0.05) is 0 Å². The third-order valence-corrected chi connectivity index (χ3v) is 7.91. The average molecular weight is 633 g/mol. The van der Waals surface area contributed by atoms with Gasteiger partial charge in [0.2, 0.25) is 11.5 Å². The van der Waals surface area contributed by atoms with Gasteiger partial charge < -0.3 is 28.4 Å². The standard InChI is InChI=1S/C40H56O6/c1-10-15-18-30(11-2)29-45-39-37(43-8)27-33(28-38(39)44-9)26-25-32-23-21-31(22-24-32)19-16-17-20-36(42-7)40(35(14-5)41-6)46-34(12-3)13-4/h14,16,19-28,30,34H,5,10-13,15,17-18,29H2,1-4,6-9H3/b19-16+,26-25+,36-20+,40-35-. The van der Waals surface area contributed by atoms with E-state index < -0.39 is 0 Å². The van der Waals surface area contributed by atoms with E-state index in [1.807, 2.05) is 18.2 Å². The Morgan fingerprint density at radius 1 is 0.783 bits per heavy atom. The molecular weight excluding hydrogens is 576 g/mol. The normalized spacial score (nSPS) is 13.1. The van der Waals surface area contributed by atoms with Gasteiger partial charge in [-0.05, 0) is 72.6 Å². The van der Waals surface area contributed by atoms with Crippen molar-refractivity contribution in [1.29, 1.82) is 0 Å². The smallest absolute Gasteiger partial charge is 0.203 e. The second-order valence-electron chi connectivity index (χ2n) is 11.1. The molecular formula is C40H56O6. The van der Waals surface area contributed by atoms with Gasteiger partial charge in [-0.1, -0.05) is 102 Å². The van der Waals surface area contributed by atoms with Crippen molar-refractivity contribution >= 4 is 18.2 Å². The molecule has 0 radical (unpaired) electrons. The lowest BCUT2D eigenvalue weighted by atomic mass is 10.0. The third kappa shape index (κ3) is 12.0. The van der Waals surface area contributed by atoms with Crippen molar-refractivity contribution in [3.8, 4) is 17.2 Å². The molecule has 2 aromatic rings. The molecule has 2 rings (SSSR count). The van der Waals surface area contributed by atoms with Crippen molar-refractivity contribution in [3.63, 3.8) is 0 Å². The van der Waals surface area contributed by atoms with E-state index in [0.29, 0.717) is 53.5 Å². The second-order valence-corrected chi connectivity index (χ2v) is 11.1. The summed E-state index contributed by atoms with van der Waals surface area (Å²) in [5.74, 6) is 4.26. The van der Waals surface area contributed by atoms with E-state index in [0.717, 1.165) is 42.4 Å². The van der Waals surface area contributed by atoms with Gasteiger partial charge in [-0.25, -0.2) is 0 Å². The van der Waals surface area contributed by atoms with Crippen LogP contribution in [0.3, 0.4) is 0 Å². The summed E-state index contributed by atoms with van der Waals surface area (Å²) in [5.41, 5.74) is 3.16. The molecule has 1 unspecified atom stereocenters. The summed E-state index contributed by atoms with van der Waals surface area (Å²) < 4.78 is 35.1. The van der Waals surface area contributed by atoms with Crippen molar-refractivity contribution < 1.29 is 28.4 Å². The van der Waals surface area contributed by atoms with Crippen LogP contribution in [-0.2, 0) is 14.2 Å². The molecule has 0 saturated carbocycles. The molecule has 0 spiro atoms. The number of benzene rings is 2. The second kappa shape index (κ2) is 21.6. The van der Waals surface area contributed by atoms with Crippen LogP contribution in [0.5, 0.6) is 17.2 Å². The largest absolute Gasteiger partial charge is 0.493 e. The molecule has 0 bridgehead atoms. The van der Waals surface area contributed by atoms with Crippen LogP contribution in [0.1, 0.15) is 89.3 Å². The summed E-state index contributed by atoms with van der Waals surface area (Å²) in [4.78, 5) is 0. The zero-order valence-corrected chi connectivity index (χ0v) is 29.4. The van der Waals surface area contributed by atoms with Crippen LogP contribution in [0.4, 0.5) is 0 Å². The fourth-order valence-electron chi connectivity index (χ4n) is 4.92. The minimum Gasteiger partial charge on any atom is -0.493 e. The molecule has 46 heavy (non-hydrogen) atoms. The van der Waals surface area contributed by atoms with Gasteiger partial charge in [-0.2, -0.15) is 0 Å². The lowest BCUT2D eigenvalue weighted by Crippen LogP contribution is -2.14. The van der Waals surface area contributed by atoms with E-state index in [4.69, 9.17) is 28.4 Å². The molecule has 0 fully saturated rings. The summed E-state index contributed by atoms with van der Waals surface area (Å²) in [6.07, 6.45) is 19.1. The van der Waals surface area contributed by atoms with E-state index >= 15 is 0 Å². The van der Waals surface area contributed by atoms with E-state index in [-0.39, 0.29) is 6.10 Å². The quantitative estimate of drug-likeness (QED) is 0.0731. The Hall–Kier alpha value is -4.06. The van der Waals surface area contributed by atoms with Crippen LogP contribution >= 0.6 is 0 Å². The highest BCUT2D eigenvalue weighted by atomic mass is 16.6. The van der Waals surface area contributed by atoms with Crippen LogP contribution < -0.4 is 14.2 Å². The predicted molar refractivity (Wildman–Crippen MR) is 192 cm³/mol. The van der Waals surface area contributed by atoms with E-state index in [1.54, 1.807) is 34.5 Å². The third-order valence-electron chi connectivity index (χ3n) is 7.91. The van der Waals surface area contributed by atoms with Gasteiger partial charge in [-0.15, -0.1) is 0 Å². The SMILES string of the molecule is C=C/C(OC)=C(OC(CC)CC)\C(=C/C/C=C/c1ccc(/C=C/c2cc(OC)c(OCC(CC)CCCC)c(OC)c2)cc1)OC. The molecule has 0 aliphatic heterocycles. The first kappa shape index (κ1) is 38.1. The number of rotatable bonds is 22. The maximum Gasteiger partial charge on any atom is 0.203 e. The van der Waals surface area contributed by atoms with Crippen molar-refractivity contribution in [1.82, 2.24) is 0 Å². The lowest BCUT2D eigenvalue weighted by Gasteiger charge is -2.21. The van der Waals surface area contributed by atoms with Gasteiger partial charge in [-0.3, -0.25) is 0 Å². The summed E-state index contributed by atoms with van der Waals surface area (Å²) in [6.45, 7) is 13.2. The Morgan fingerprint density at radius 3 is 1.89 bits per heavy atom. The molecule has 2 aromatic carbocycles. The number of hydrogen-bond acceptors (Lipinski definition) is 6. The molecule has 6 heteroatoms. The molecule has 1 atom stereocenters. The molecule has 0 N–H and O–H groups in total. The Morgan fingerprint density at radius 2 is 1.39 bits per heavy atom. The maximum atomic E-state index is 6.24. The molecule has 252 valence electrons. The van der Waals surface area contributed by atoms with Crippen molar-refractivity contribution in [3.05, 3.63) is 95.2 Å². The Kier molecular flexibility index (Phi) is 17.9. The van der Waals surface area contributed by atoms with Gasteiger partial charge >= 0.3 is 0 Å². The monoisotopic (exact) mass is 632 g/mol. The van der Waals surface area contributed by atoms with Crippen LogP contribution in [-0.4, -0.2) is 41.2 Å². The molecule has 0 amide bonds. The number of unbranched alkanes of at least 4 members (excludes halogenated alkanes) is 1. The van der Waals surface area contributed by atoms with E-state index in [9.17, 15) is 0 Å². The fraction of sp³-hybridized carbons (Fsp3) is 0.450. The van der Waals surface area contributed by atoms with E-state index in [1.165, 1.54) is 12.8 Å². The Bertz CT molecular complexity index is 1270. The molecule has 0 aliphatic carbocycles. The summed E-state index contributed by atoms with van der Waals surface area (Å²) in [5, 5.41) is 0. The number of methoxy groups -OCH3 is 4. The lowest BCUT2D eigenvalue weighted by molar-refractivity contribution is 0.0824. The fourth-order valence-corrected chi connectivity index (χ4v) is 4.92.